The van der Waals surface area contributed by atoms with Gasteiger partial charge in [-0.2, -0.15) is 0 Å². The van der Waals surface area contributed by atoms with Crippen LogP contribution in [0.15, 0.2) is 0 Å². The fourth-order valence-corrected chi connectivity index (χ4v) is 5.18. The highest BCUT2D eigenvalue weighted by Gasteiger charge is 2.46. The van der Waals surface area contributed by atoms with Gasteiger partial charge in [0.25, 0.3) is 0 Å². The molecule has 4 unspecified atom stereocenters. The summed E-state index contributed by atoms with van der Waals surface area (Å²) >= 11 is 0. The molecule has 0 aromatic rings. The van der Waals surface area contributed by atoms with E-state index < -0.39 is 5.54 Å². The zero-order chi connectivity index (χ0) is 14.9. The topological polar surface area (TPSA) is 41.6 Å². The summed E-state index contributed by atoms with van der Waals surface area (Å²) in [5, 5.41) is 3.30. The van der Waals surface area contributed by atoms with Gasteiger partial charge >= 0.3 is 5.97 Å². The molecule has 4 heteroatoms. The monoisotopic (exact) mass is 294 g/mol. The largest absolute Gasteiger partial charge is 0.468 e. The first kappa shape index (κ1) is 15.3. The van der Waals surface area contributed by atoms with Crippen molar-refractivity contribution in [3.05, 3.63) is 0 Å². The highest BCUT2D eigenvalue weighted by molar-refractivity contribution is 5.81. The average molecular weight is 294 g/mol. The predicted molar refractivity (Wildman–Crippen MR) is 83.1 cm³/mol. The Labute approximate surface area is 128 Å². The van der Waals surface area contributed by atoms with E-state index in [0.29, 0.717) is 6.04 Å². The Kier molecular flexibility index (Phi) is 4.55. The molecule has 1 aliphatic heterocycles. The fourth-order valence-electron chi connectivity index (χ4n) is 5.18. The summed E-state index contributed by atoms with van der Waals surface area (Å²) in [5.74, 6) is 0.845. The molecule has 1 saturated heterocycles. The van der Waals surface area contributed by atoms with E-state index in [2.05, 4.69) is 10.2 Å². The first-order valence-corrected chi connectivity index (χ1v) is 8.73. The summed E-state index contributed by atoms with van der Waals surface area (Å²) in [6.07, 6.45) is 11.1. The Balaban J connectivity index is 1.74. The van der Waals surface area contributed by atoms with Crippen LogP contribution in [0.2, 0.25) is 0 Å². The maximum atomic E-state index is 12.3. The molecule has 120 valence electrons. The number of piperidine rings is 1. The van der Waals surface area contributed by atoms with Crippen molar-refractivity contribution in [3.63, 3.8) is 0 Å². The highest BCUT2D eigenvalue weighted by atomic mass is 16.5. The standard InChI is InChI=1S/C17H30N2O2/c1-18-17(16(20)21-2)10-4-8-14(12-17)19-11-5-7-13-6-3-9-15(13)19/h13-15,18H,3-12H2,1-2H3. The van der Waals surface area contributed by atoms with Gasteiger partial charge < -0.3 is 10.1 Å². The number of hydrogen-bond donors (Lipinski definition) is 1. The number of esters is 1. The lowest BCUT2D eigenvalue weighted by Crippen LogP contribution is -2.59. The third-order valence-electron chi connectivity index (χ3n) is 6.28. The first-order chi connectivity index (χ1) is 10.2. The predicted octanol–water partition coefficient (Wildman–Crippen LogP) is 2.32. The SMILES string of the molecule is CNC1(C(=O)OC)CCCC(N2CCCC3CCCC32)C1. The van der Waals surface area contributed by atoms with Crippen molar-refractivity contribution in [2.75, 3.05) is 20.7 Å². The van der Waals surface area contributed by atoms with Crippen molar-refractivity contribution >= 4 is 5.97 Å². The maximum Gasteiger partial charge on any atom is 0.326 e. The van der Waals surface area contributed by atoms with Gasteiger partial charge in [-0.25, -0.2) is 0 Å². The van der Waals surface area contributed by atoms with Gasteiger partial charge in [-0.3, -0.25) is 9.69 Å². The number of fused-ring (bicyclic) bond motifs is 1. The lowest BCUT2D eigenvalue weighted by molar-refractivity contribution is -0.151. The van der Waals surface area contributed by atoms with Gasteiger partial charge in [0.1, 0.15) is 5.54 Å². The minimum Gasteiger partial charge on any atom is -0.468 e. The van der Waals surface area contributed by atoms with Crippen molar-refractivity contribution in [2.45, 2.75) is 75.4 Å². The van der Waals surface area contributed by atoms with Crippen LogP contribution < -0.4 is 5.32 Å². The Morgan fingerprint density at radius 2 is 2.00 bits per heavy atom. The molecule has 3 aliphatic rings. The second-order valence-corrected chi connectivity index (χ2v) is 7.21. The lowest BCUT2D eigenvalue weighted by Gasteiger charge is -2.48. The van der Waals surface area contributed by atoms with E-state index in [1.807, 2.05) is 7.05 Å². The second-order valence-electron chi connectivity index (χ2n) is 7.21. The van der Waals surface area contributed by atoms with Crippen molar-refractivity contribution < 1.29 is 9.53 Å². The number of carbonyl (C=O) groups is 1. The molecule has 3 fully saturated rings. The molecule has 1 N–H and O–H groups in total. The molecule has 1 heterocycles. The van der Waals surface area contributed by atoms with E-state index in [0.717, 1.165) is 31.2 Å². The minimum atomic E-state index is -0.455. The average Bonchev–Trinajstić information content (AvgIpc) is 3.02. The van der Waals surface area contributed by atoms with Gasteiger partial charge in [0.05, 0.1) is 7.11 Å². The van der Waals surface area contributed by atoms with Gasteiger partial charge in [0.2, 0.25) is 0 Å². The smallest absolute Gasteiger partial charge is 0.326 e. The van der Waals surface area contributed by atoms with Crippen LogP contribution in [0, 0.1) is 5.92 Å². The number of ether oxygens (including phenoxy) is 1. The number of carbonyl (C=O) groups excluding carboxylic acids is 1. The molecule has 0 spiro atoms. The van der Waals surface area contributed by atoms with E-state index in [4.69, 9.17) is 4.74 Å². The Bertz CT molecular complexity index is 387. The number of methoxy groups -OCH3 is 1. The summed E-state index contributed by atoms with van der Waals surface area (Å²) in [4.78, 5) is 15.0. The van der Waals surface area contributed by atoms with E-state index in [1.165, 1.54) is 52.2 Å². The fraction of sp³-hybridized carbons (Fsp3) is 0.941. The van der Waals surface area contributed by atoms with Gasteiger partial charge in [-0.1, -0.05) is 6.42 Å². The van der Waals surface area contributed by atoms with Crippen LogP contribution >= 0.6 is 0 Å². The zero-order valence-electron chi connectivity index (χ0n) is 13.6. The Morgan fingerprint density at radius 3 is 2.76 bits per heavy atom. The first-order valence-electron chi connectivity index (χ1n) is 8.73. The van der Waals surface area contributed by atoms with Crippen LogP contribution in [0.5, 0.6) is 0 Å². The third kappa shape index (κ3) is 2.72. The summed E-state index contributed by atoms with van der Waals surface area (Å²) in [6.45, 7) is 1.23. The summed E-state index contributed by atoms with van der Waals surface area (Å²) in [5.41, 5.74) is -0.455. The molecule has 21 heavy (non-hydrogen) atoms. The summed E-state index contributed by atoms with van der Waals surface area (Å²) in [7, 11) is 3.42. The van der Waals surface area contributed by atoms with Gasteiger partial charge in [-0.05, 0) is 70.9 Å². The third-order valence-corrected chi connectivity index (χ3v) is 6.28. The second kappa shape index (κ2) is 6.25. The molecule has 0 radical (unpaired) electrons. The number of likely N-dealkylation sites (tertiary alicyclic amines) is 1. The number of hydrogen-bond acceptors (Lipinski definition) is 4. The van der Waals surface area contributed by atoms with Crippen LogP contribution in [-0.2, 0) is 9.53 Å². The van der Waals surface area contributed by atoms with Gasteiger partial charge in [0.15, 0.2) is 0 Å². The number of likely N-dealkylation sites (N-methyl/N-ethyl adjacent to an activating group) is 1. The molecule has 4 nitrogen and oxygen atoms in total. The van der Waals surface area contributed by atoms with Crippen LogP contribution in [0.4, 0.5) is 0 Å². The van der Waals surface area contributed by atoms with Crippen molar-refractivity contribution in [3.8, 4) is 0 Å². The molecule has 3 rings (SSSR count). The van der Waals surface area contributed by atoms with Crippen LogP contribution in [0.1, 0.15) is 57.8 Å². The van der Waals surface area contributed by atoms with E-state index in [-0.39, 0.29) is 5.97 Å². The highest BCUT2D eigenvalue weighted by Crippen LogP contribution is 2.41. The van der Waals surface area contributed by atoms with Crippen molar-refractivity contribution in [1.29, 1.82) is 0 Å². The Morgan fingerprint density at radius 1 is 1.19 bits per heavy atom. The summed E-state index contributed by atoms with van der Waals surface area (Å²) < 4.78 is 5.09. The Hall–Kier alpha value is -0.610. The molecule has 4 atom stereocenters. The van der Waals surface area contributed by atoms with Gasteiger partial charge in [0, 0.05) is 12.1 Å². The molecule has 0 bridgehead atoms. The van der Waals surface area contributed by atoms with Gasteiger partial charge in [-0.15, -0.1) is 0 Å². The molecule has 0 amide bonds. The number of nitrogens with zero attached hydrogens (tertiary/aromatic N) is 1. The van der Waals surface area contributed by atoms with Crippen LogP contribution in [-0.4, -0.2) is 49.2 Å². The molecule has 0 aromatic heterocycles. The molecular formula is C17H30N2O2. The van der Waals surface area contributed by atoms with Crippen LogP contribution in [0.25, 0.3) is 0 Å². The molecule has 2 saturated carbocycles. The van der Waals surface area contributed by atoms with E-state index in [9.17, 15) is 4.79 Å². The minimum absolute atomic E-state index is 0.0744. The van der Waals surface area contributed by atoms with Crippen LogP contribution in [0.3, 0.4) is 0 Å². The maximum absolute atomic E-state index is 12.3. The number of rotatable bonds is 3. The lowest BCUT2D eigenvalue weighted by atomic mass is 9.77. The van der Waals surface area contributed by atoms with E-state index >= 15 is 0 Å². The number of nitrogens with one attached hydrogen (secondary N) is 1. The molecule has 2 aliphatic carbocycles. The summed E-state index contributed by atoms with van der Waals surface area (Å²) in [6, 6.07) is 1.34. The normalized spacial score (nSPS) is 40.8. The van der Waals surface area contributed by atoms with E-state index in [1.54, 1.807) is 0 Å². The van der Waals surface area contributed by atoms with Crippen molar-refractivity contribution in [2.24, 2.45) is 5.92 Å². The molecule has 0 aromatic carbocycles. The van der Waals surface area contributed by atoms with Crippen molar-refractivity contribution in [1.82, 2.24) is 10.2 Å². The zero-order valence-corrected chi connectivity index (χ0v) is 13.6. The quantitative estimate of drug-likeness (QED) is 0.811. The molecular weight excluding hydrogens is 264 g/mol.